The van der Waals surface area contributed by atoms with Crippen LogP contribution in [0.5, 0.6) is 0 Å². The van der Waals surface area contributed by atoms with Gasteiger partial charge in [0.2, 0.25) is 0 Å². The van der Waals surface area contributed by atoms with Crippen LogP contribution in [0.1, 0.15) is 42.1 Å². The number of hydrogen-bond donors (Lipinski definition) is 1. The van der Waals surface area contributed by atoms with E-state index in [1.807, 2.05) is 6.92 Å². The largest absolute Gasteiger partial charge is 0.481 e. The summed E-state index contributed by atoms with van der Waals surface area (Å²) in [5.74, 6) is -1.27. The number of amides is 1. The lowest BCUT2D eigenvalue weighted by Crippen LogP contribution is -2.46. The number of carboxylic acid groups (broad SMARTS) is 1. The molecule has 114 valence electrons. The Morgan fingerprint density at radius 3 is 2.43 bits per heavy atom. The minimum atomic E-state index is -0.783. The number of aryl methyl sites for hydroxylation is 1. The van der Waals surface area contributed by atoms with E-state index in [1.165, 1.54) is 18.2 Å². The van der Waals surface area contributed by atoms with Crippen LogP contribution in [0.2, 0.25) is 0 Å². The standard InChI is InChI=1S/C16H20FNO3/c1-3-16(15(20)21)6-8-18(9-7-16)14(19)12-4-5-13(17)11(2)10-12/h4-5,10H,3,6-9H2,1-2H3,(H,20,21). The van der Waals surface area contributed by atoms with E-state index < -0.39 is 11.4 Å². The smallest absolute Gasteiger partial charge is 0.309 e. The highest BCUT2D eigenvalue weighted by molar-refractivity contribution is 5.94. The van der Waals surface area contributed by atoms with Gasteiger partial charge in [-0.3, -0.25) is 9.59 Å². The fraction of sp³-hybridized carbons (Fsp3) is 0.500. The molecule has 1 aromatic rings. The Kier molecular flexibility index (Phi) is 4.30. The number of likely N-dealkylation sites (tertiary alicyclic amines) is 1. The molecule has 0 aliphatic carbocycles. The predicted octanol–water partition coefficient (Wildman–Crippen LogP) is 2.85. The van der Waals surface area contributed by atoms with E-state index >= 15 is 0 Å². The Hall–Kier alpha value is -1.91. The summed E-state index contributed by atoms with van der Waals surface area (Å²) in [5, 5.41) is 9.35. The molecule has 1 saturated heterocycles. The molecule has 0 bridgehead atoms. The molecule has 0 saturated carbocycles. The quantitative estimate of drug-likeness (QED) is 0.932. The van der Waals surface area contributed by atoms with E-state index in [1.54, 1.807) is 11.8 Å². The molecule has 2 rings (SSSR count). The molecular formula is C16H20FNO3. The van der Waals surface area contributed by atoms with Crippen LogP contribution < -0.4 is 0 Å². The zero-order valence-electron chi connectivity index (χ0n) is 12.4. The first-order valence-corrected chi connectivity index (χ1v) is 7.18. The number of nitrogens with zero attached hydrogens (tertiary/aromatic N) is 1. The molecule has 0 atom stereocenters. The zero-order chi connectivity index (χ0) is 15.6. The van der Waals surface area contributed by atoms with Gasteiger partial charge >= 0.3 is 5.97 Å². The van der Waals surface area contributed by atoms with Crippen LogP contribution in [0.25, 0.3) is 0 Å². The van der Waals surface area contributed by atoms with Crippen LogP contribution in [-0.4, -0.2) is 35.0 Å². The zero-order valence-corrected chi connectivity index (χ0v) is 12.4. The minimum Gasteiger partial charge on any atom is -0.481 e. The number of halogens is 1. The summed E-state index contributed by atoms with van der Waals surface area (Å²) >= 11 is 0. The van der Waals surface area contributed by atoms with Crippen LogP contribution in [0.4, 0.5) is 4.39 Å². The third kappa shape index (κ3) is 2.91. The van der Waals surface area contributed by atoms with Crippen molar-refractivity contribution in [2.24, 2.45) is 5.41 Å². The third-order valence-corrected chi connectivity index (χ3v) is 4.54. The van der Waals surface area contributed by atoms with Gasteiger partial charge in [-0.05, 0) is 49.9 Å². The monoisotopic (exact) mass is 293 g/mol. The molecule has 1 amide bonds. The van der Waals surface area contributed by atoms with Crippen LogP contribution in [0.15, 0.2) is 18.2 Å². The van der Waals surface area contributed by atoms with Gasteiger partial charge in [-0.1, -0.05) is 6.92 Å². The normalized spacial score (nSPS) is 17.6. The Morgan fingerprint density at radius 1 is 1.33 bits per heavy atom. The average Bonchev–Trinajstić information content (AvgIpc) is 2.49. The first-order valence-electron chi connectivity index (χ1n) is 7.18. The van der Waals surface area contributed by atoms with E-state index in [0.29, 0.717) is 43.5 Å². The van der Waals surface area contributed by atoms with Crippen molar-refractivity contribution in [3.63, 3.8) is 0 Å². The number of carbonyl (C=O) groups excluding carboxylic acids is 1. The summed E-state index contributed by atoms with van der Waals surface area (Å²) in [7, 11) is 0. The van der Waals surface area contributed by atoms with Crippen molar-refractivity contribution >= 4 is 11.9 Å². The van der Waals surface area contributed by atoms with E-state index in [2.05, 4.69) is 0 Å². The summed E-state index contributed by atoms with van der Waals surface area (Å²) in [6.07, 6.45) is 1.50. The van der Waals surface area contributed by atoms with Crippen molar-refractivity contribution < 1.29 is 19.1 Å². The fourth-order valence-electron chi connectivity index (χ4n) is 2.82. The van der Waals surface area contributed by atoms with Gasteiger partial charge in [0.15, 0.2) is 0 Å². The first-order chi connectivity index (χ1) is 9.89. The Bertz CT molecular complexity index is 563. The molecule has 1 aliphatic rings. The third-order valence-electron chi connectivity index (χ3n) is 4.54. The highest BCUT2D eigenvalue weighted by Gasteiger charge is 2.40. The number of piperidine rings is 1. The van der Waals surface area contributed by atoms with Gasteiger partial charge < -0.3 is 10.0 Å². The Balaban J connectivity index is 2.09. The van der Waals surface area contributed by atoms with E-state index in [0.717, 1.165) is 0 Å². The van der Waals surface area contributed by atoms with Gasteiger partial charge in [-0.15, -0.1) is 0 Å². The number of hydrogen-bond acceptors (Lipinski definition) is 2. The summed E-state index contributed by atoms with van der Waals surface area (Å²) in [4.78, 5) is 25.4. The molecule has 5 heteroatoms. The summed E-state index contributed by atoms with van der Waals surface area (Å²) in [6.45, 7) is 4.34. The molecular weight excluding hydrogens is 273 g/mol. The topological polar surface area (TPSA) is 57.6 Å². The van der Waals surface area contributed by atoms with E-state index in [-0.39, 0.29) is 11.7 Å². The summed E-state index contributed by atoms with van der Waals surface area (Å²) in [6, 6.07) is 4.31. The molecule has 4 nitrogen and oxygen atoms in total. The molecule has 1 aromatic carbocycles. The average molecular weight is 293 g/mol. The van der Waals surface area contributed by atoms with E-state index in [4.69, 9.17) is 0 Å². The molecule has 21 heavy (non-hydrogen) atoms. The highest BCUT2D eigenvalue weighted by atomic mass is 19.1. The Labute approximate surface area is 123 Å². The number of carboxylic acids is 1. The minimum absolute atomic E-state index is 0.159. The van der Waals surface area contributed by atoms with Crippen LogP contribution in [0, 0.1) is 18.2 Å². The van der Waals surface area contributed by atoms with Gasteiger partial charge in [0.1, 0.15) is 5.82 Å². The van der Waals surface area contributed by atoms with Crippen molar-refractivity contribution in [3.05, 3.63) is 35.1 Å². The van der Waals surface area contributed by atoms with Gasteiger partial charge in [0, 0.05) is 18.7 Å². The van der Waals surface area contributed by atoms with Gasteiger partial charge in [0.25, 0.3) is 5.91 Å². The van der Waals surface area contributed by atoms with Crippen LogP contribution in [-0.2, 0) is 4.79 Å². The van der Waals surface area contributed by atoms with Crippen molar-refractivity contribution in [1.29, 1.82) is 0 Å². The second kappa shape index (κ2) is 5.84. The number of aliphatic carboxylic acids is 1. The van der Waals surface area contributed by atoms with Crippen molar-refractivity contribution in [1.82, 2.24) is 4.90 Å². The molecule has 1 aliphatic heterocycles. The molecule has 1 heterocycles. The second-order valence-corrected chi connectivity index (χ2v) is 5.70. The predicted molar refractivity (Wildman–Crippen MR) is 76.6 cm³/mol. The van der Waals surface area contributed by atoms with Gasteiger partial charge in [0.05, 0.1) is 5.41 Å². The maximum Gasteiger partial charge on any atom is 0.309 e. The summed E-state index contributed by atoms with van der Waals surface area (Å²) in [5.41, 5.74) is 0.176. The summed E-state index contributed by atoms with van der Waals surface area (Å²) < 4.78 is 13.3. The number of benzene rings is 1. The lowest BCUT2D eigenvalue weighted by atomic mass is 9.76. The van der Waals surface area contributed by atoms with Crippen LogP contribution in [0.3, 0.4) is 0 Å². The molecule has 0 unspecified atom stereocenters. The number of carbonyl (C=O) groups is 2. The molecule has 0 radical (unpaired) electrons. The van der Waals surface area contributed by atoms with E-state index in [9.17, 15) is 19.1 Å². The Morgan fingerprint density at radius 2 is 1.95 bits per heavy atom. The fourth-order valence-corrected chi connectivity index (χ4v) is 2.82. The van der Waals surface area contributed by atoms with Gasteiger partial charge in [-0.25, -0.2) is 4.39 Å². The van der Waals surface area contributed by atoms with Gasteiger partial charge in [-0.2, -0.15) is 0 Å². The van der Waals surface area contributed by atoms with Crippen molar-refractivity contribution in [2.45, 2.75) is 33.1 Å². The highest BCUT2D eigenvalue weighted by Crippen LogP contribution is 2.35. The molecule has 0 aromatic heterocycles. The first kappa shape index (κ1) is 15.5. The second-order valence-electron chi connectivity index (χ2n) is 5.70. The molecule has 1 N–H and O–H groups in total. The van der Waals surface area contributed by atoms with Crippen molar-refractivity contribution in [3.8, 4) is 0 Å². The lowest BCUT2D eigenvalue weighted by Gasteiger charge is -2.38. The van der Waals surface area contributed by atoms with Crippen molar-refractivity contribution in [2.75, 3.05) is 13.1 Å². The lowest BCUT2D eigenvalue weighted by molar-refractivity contribution is -0.152. The van der Waals surface area contributed by atoms with Crippen LogP contribution >= 0.6 is 0 Å². The SMILES string of the molecule is CCC1(C(=O)O)CCN(C(=O)c2ccc(F)c(C)c2)CC1. The molecule has 1 fully saturated rings. The molecule has 0 spiro atoms. The number of rotatable bonds is 3. The maximum atomic E-state index is 13.3. The maximum absolute atomic E-state index is 13.3.